The van der Waals surface area contributed by atoms with Crippen molar-refractivity contribution in [1.29, 1.82) is 0 Å². The van der Waals surface area contributed by atoms with Gasteiger partial charge in [0.25, 0.3) is 0 Å². The van der Waals surface area contributed by atoms with Crippen LogP contribution < -0.4 is 10.6 Å². The lowest BCUT2D eigenvalue weighted by Gasteiger charge is -2.24. The van der Waals surface area contributed by atoms with Crippen LogP contribution >= 0.6 is 0 Å². The van der Waals surface area contributed by atoms with Crippen LogP contribution in [0.3, 0.4) is 0 Å². The molecule has 0 bridgehead atoms. The minimum Gasteiger partial charge on any atom is -0.380 e. The van der Waals surface area contributed by atoms with E-state index in [0.29, 0.717) is 6.04 Å². The molecule has 0 aromatic heterocycles. The van der Waals surface area contributed by atoms with Crippen LogP contribution in [0.2, 0.25) is 0 Å². The zero-order valence-corrected chi connectivity index (χ0v) is 9.71. The van der Waals surface area contributed by atoms with Crippen molar-refractivity contribution >= 4 is 5.69 Å². The highest BCUT2D eigenvalue weighted by Crippen LogP contribution is 2.30. The fourth-order valence-electron chi connectivity index (χ4n) is 3.07. The second-order valence-electron chi connectivity index (χ2n) is 5.08. The fraction of sp³-hybridized carbons (Fsp3) is 0.571. The van der Waals surface area contributed by atoms with Gasteiger partial charge in [0.1, 0.15) is 0 Å². The van der Waals surface area contributed by atoms with E-state index in [1.54, 1.807) is 0 Å². The fourth-order valence-corrected chi connectivity index (χ4v) is 3.07. The lowest BCUT2D eigenvalue weighted by Crippen LogP contribution is -2.35. The van der Waals surface area contributed by atoms with E-state index in [9.17, 15) is 0 Å². The summed E-state index contributed by atoms with van der Waals surface area (Å²) < 4.78 is 0. The molecule has 1 atom stereocenters. The van der Waals surface area contributed by atoms with Crippen molar-refractivity contribution < 1.29 is 2.85 Å². The number of benzene rings is 1. The smallest absolute Gasteiger partial charge is 0.0414 e. The van der Waals surface area contributed by atoms with Crippen LogP contribution in [0.4, 0.5) is 5.69 Å². The second kappa shape index (κ2) is 4.46. The van der Waals surface area contributed by atoms with Gasteiger partial charge in [0.2, 0.25) is 0 Å². The van der Waals surface area contributed by atoms with Crippen LogP contribution in [0.5, 0.6) is 0 Å². The molecule has 90 valence electrons. The molecule has 1 fully saturated rings. The van der Waals surface area contributed by atoms with Gasteiger partial charge in [-0.3, -0.25) is 0 Å². The molecule has 16 heavy (non-hydrogen) atoms. The van der Waals surface area contributed by atoms with E-state index in [0.717, 1.165) is 19.0 Å². The zero-order valence-electron chi connectivity index (χ0n) is 9.71. The van der Waals surface area contributed by atoms with E-state index < -0.39 is 0 Å². The summed E-state index contributed by atoms with van der Waals surface area (Å²) in [5.74, 6) is 0.874. The van der Waals surface area contributed by atoms with E-state index >= 15 is 0 Å². The number of hydrogen-bond acceptors (Lipinski definition) is 2. The molecule has 1 aliphatic heterocycles. The summed E-state index contributed by atoms with van der Waals surface area (Å²) in [6, 6.07) is 9.31. The summed E-state index contributed by atoms with van der Waals surface area (Å²) in [6.45, 7) is 2.12. The monoisotopic (exact) mass is 220 g/mol. The van der Waals surface area contributed by atoms with Gasteiger partial charge < -0.3 is 10.6 Å². The van der Waals surface area contributed by atoms with Crippen molar-refractivity contribution in [2.75, 3.05) is 11.9 Å². The number of rotatable bonds is 1. The molecule has 2 nitrogen and oxygen atoms in total. The minimum atomic E-state index is 0. The SMILES string of the molecule is [HH].[HH].c1ccc2c(c1)CNCC(C1CCCC1)N2. The summed E-state index contributed by atoms with van der Waals surface area (Å²) in [6.07, 6.45) is 5.65. The first-order chi connectivity index (χ1) is 7.93. The predicted molar refractivity (Wildman–Crippen MR) is 71.7 cm³/mol. The number of nitrogens with one attached hydrogen (secondary N) is 2. The maximum absolute atomic E-state index is 3.74. The van der Waals surface area contributed by atoms with Crippen molar-refractivity contribution in [2.45, 2.75) is 38.3 Å². The molecule has 1 aromatic carbocycles. The standard InChI is InChI=1S/C14H20N2.2H2/c1-2-6-11(5-1)14-10-15-9-12-7-3-4-8-13(12)16-14;;/h3-4,7-8,11,14-16H,1-2,5-6,9-10H2;2*1H. The van der Waals surface area contributed by atoms with Gasteiger partial charge in [0.05, 0.1) is 0 Å². The van der Waals surface area contributed by atoms with Gasteiger partial charge in [0, 0.05) is 27.7 Å². The lowest BCUT2D eigenvalue weighted by molar-refractivity contribution is 0.438. The molecule has 1 aromatic rings. The molecule has 0 amide bonds. The Morgan fingerprint density at radius 3 is 2.81 bits per heavy atom. The molecule has 3 rings (SSSR count). The van der Waals surface area contributed by atoms with Gasteiger partial charge in [0.15, 0.2) is 0 Å². The van der Waals surface area contributed by atoms with Gasteiger partial charge in [-0.25, -0.2) is 0 Å². The van der Waals surface area contributed by atoms with Crippen molar-refractivity contribution in [3.05, 3.63) is 29.8 Å². The summed E-state index contributed by atoms with van der Waals surface area (Å²) in [4.78, 5) is 0. The molecular formula is C14H24N2. The van der Waals surface area contributed by atoms with Gasteiger partial charge >= 0.3 is 0 Å². The van der Waals surface area contributed by atoms with Crippen molar-refractivity contribution in [3.8, 4) is 0 Å². The molecule has 1 saturated carbocycles. The zero-order chi connectivity index (χ0) is 10.8. The third-order valence-electron chi connectivity index (χ3n) is 4.01. The minimum absolute atomic E-state index is 0. The Labute approximate surface area is 100 Å². The van der Waals surface area contributed by atoms with Gasteiger partial charge in [-0.15, -0.1) is 0 Å². The Hall–Kier alpha value is -1.02. The lowest BCUT2D eigenvalue weighted by atomic mass is 9.98. The highest BCUT2D eigenvalue weighted by Gasteiger charge is 2.26. The third kappa shape index (κ3) is 1.94. The second-order valence-corrected chi connectivity index (χ2v) is 5.08. The molecule has 1 aliphatic carbocycles. The average Bonchev–Trinajstić information content (AvgIpc) is 2.75. The normalized spacial score (nSPS) is 25.9. The largest absolute Gasteiger partial charge is 0.380 e. The molecular weight excluding hydrogens is 196 g/mol. The molecule has 1 heterocycles. The number of anilines is 1. The number of hydrogen-bond donors (Lipinski definition) is 2. The maximum Gasteiger partial charge on any atom is 0.0414 e. The van der Waals surface area contributed by atoms with Crippen molar-refractivity contribution in [1.82, 2.24) is 5.32 Å². The highest BCUT2D eigenvalue weighted by atomic mass is 15.0. The Morgan fingerprint density at radius 1 is 1.12 bits per heavy atom. The Bertz CT molecular complexity index is 365. The van der Waals surface area contributed by atoms with Crippen LogP contribution in [0.15, 0.2) is 24.3 Å². The topological polar surface area (TPSA) is 24.1 Å². The van der Waals surface area contributed by atoms with Crippen LogP contribution in [0, 0.1) is 5.92 Å². The quantitative estimate of drug-likeness (QED) is 0.759. The highest BCUT2D eigenvalue weighted by molar-refractivity contribution is 5.52. The number of fused-ring (bicyclic) bond motifs is 1. The summed E-state index contributed by atoms with van der Waals surface area (Å²) in [5, 5.41) is 7.31. The van der Waals surface area contributed by atoms with Crippen molar-refractivity contribution in [2.24, 2.45) is 5.92 Å². The molecule has 1 unspecified atom stereocenters. The first-order valence-electron chi connectivity index (χ1n) is 6.48. The van der Waals surface area contributed by atoms with Crippen LogP contribution in [0.1, 0.15) is 34.1 Å². The summed E-state index contributed by atoms with van der Waals surface area (Å²) in [7, 11) is 0. The van der Waals surface area contributed by atoms with Crippen molar-refractivity contribution in [3.63, 3.8) is 0 Å². The maximum atomic E-state index is 3.74. The van der Waals surface area contributed by atoms with E-state index in [2.05, 4.69) is 34.9 Å². The van der Waals surface area contributed by atoms with Crippen LogP contribution in [-0.4, -0.2) is 12.6 Å². The van der Waals surface area contributed by atoms with Gasteiger partial charge in [-0.1, -0.05) is 31.0 Å². The molecule has 0 spiro atoms. The number of para-hydroxylation sites is 1. The van der Waals surface area contributed by atoms with Gasteiger partial charge in [-0.05, 0) is 30.4 Å². The summed E-state index contributed by atoms with van der Waals surface area (Å²) in [5.41, 5.74) is 2.74. The molecule has 0 saturated heterocycles. The van der Waals surface area contributed by atoms with E-state index in [1.165, 1.54) is 36.9 Å². The third-order valence-corrected chi connectivity index (χ3v) is 4.01. The van der Waals surface area contributed by atoms with E-state index in [1.807, 2.05) is 0 Å². The summed E-state index contributed by atoms with van der Waals surface area (Å²) >= 11 is 0. The molecule has 0 radical (unpaired) electrons. The average molecular weight is 220 g/mol. The Balaban J connectivity index is 0.000000810. The Kier molecular flexibility index (Phi) is 2.83. The Morgan fingerprint density at radius 2 is 1.94 bits per heavy atom. The first kappa shape index (κ1) is 10.2. The van der Waals surface area contributed by atoms with Crippen LogP contribution in [-0.2, 0) is 6.54 Å². The molecule has 2 N–H and O–H groups in total. The predicted octanol–water partition coefficient (Wildman–Crippen LogP) is 3.25. The van der Waals surface area contributed by atoms with Crippen LogP contribution in [0.25, 0.3) is 0 Å². The molecule has 2 aliphatic rings. The molecule has 2 heteroatoms. The van der Waals surface area contributed by atoms with E-state index in [-0.39, 0.29) is 2.85 Å². The van der Waals surface area contributed by atoms with E-state index in [4.69, 9.17) is 0 Å². The van der Waals surface area contributed by atoms with Gasteiger partial charge in [-0.2, -0.15) is 0 Å². The first-order valence-corrected chi connectivity index (χ1v) is 6.48.